The van der Waals surface area contributed by atoms with Gasteiger partial charge in [-0.2, -0.15) is 5.26 Å². The van der Waals surface area contributed by atoms with Crippen LogP contribution in [0.2, 0.25) is 0 Å². The molecule has 0 unspecified atom stereocenters. The smallest absolute Gasteiger partial charge is 0.267 e. The molecule has 0 amide bonds. The number of allylic oxidation sites excluding steroid dienone is 1. The summed E-state index contributed by atoms with van der Waals surface area (Å²) in [6.07, 6.45) is 5.21. The minimum Gasteiger partial charge on any atom is -0.267 e. The van der Waals surface area contributed by atoms with Crippen molar-refractivity contribution >= 4 is 17.2 Å². The van der Waals surface area contributed by atoms with Crippen LogP contribution in [0.3, 0.4) is 0 Å². The van der Waals surface area contributed by atoms with Gasteiger partial charge in [-0.3, -0.25) is 9.36 Å². The quantitative estimate of drug-likeness (QED) is 0.515. The second-order valence-corrected chi connectivity index (χ2v) is 6.26. The predicted octanol–water partition coefficient (Wildman–Crippen LogP) is 3.91. The molecule has 0 aliphatic rings. The van der Waals surface area contributed by atoms with Crippen molar-refractivity contribution in [3.8, 4) is 11.8 Å². The van der Waals surface area contributed by atoms with Crippen LogP contribution in [0, 0.1) is 11.3 Å². The number of hydrogen-bond donors (Lipinski definition) is 0. The van der Waals surface area contributed by atoms with Crippen LogP contribution in [0.15, 0.2) is 83.8 Å². The first kappa shape index (κ1) is 17.4. The van der Waals surface area contributed by atoms with Gasteiger partial charge in [-0.25, -0.2) is 9.97 Å². The SMILES string of the molecule is N#CC=Cc1cccc(-n2c(=O)c(Cc3ccccc3)nc3cccnc32)c1. The van der Waals surface area contributed by atoms with E-state index in [0.717, 1.165) is 11.1 Å². The molecular weight excluding hydrogens is 348 g/mol. The van der Waals surface area contributed by atoms with Crippen LogP contribution in [0.25, 0.3) is 22.9 Å². The Labute approximate surface area is 161 Å². The molecule has 0 saturated carbocycles. The number of pyridine rings is 1. The van der Waals surface area contributed by atoms with Crippen LogP contribution in [-0.2, 0) is 6.42 Å². The molecular formula is C23H16N4O. The molecule has 4 aromatic rings. The topological polar surface area (TPSA) is 71.6 Å². The molecule has 0 bridgehead atoms. The van der Waals surface area contributed by atoms with E-state index in [4.69, 9.17) is 5.26 Å². The fourth-order valence-electron chi connectivity index (χ4n) is 3.11. The van der Waals surface area contributed by atoms with Gasteiger partial charge in [0.1, 0.15) is 11.2 Å². The number of hydrogen-bond acceptors (Lipinski definition) is 4. The van der Waals surface area contributed by atoms with Crippen molar-refractivity contribution in [2.75, 3.05) is 0 Å². The lowest BCUT2D eigenvalue weighted by Crippen LogP contribution is -2.25. The number of nitrogens with zero attached hydrogens (tertiary/aromatic N) is 4. The molecule has 2 aromatic carbocycles. The lowest BCUT2D eigenvalue weighted by molar-refractivity contribution is 0.927. The Hall–Kier alpha value is -4.04. The standard InChI is InChI=1S/C23H16N4O/c24-13-5-10-17-9-4-11-19(15-17)27-22-20(12-6-14-25-22)26-21(23(27)28)16-18-7-2-1-3-8-18/h1-12,14-15H,16H2. The minimum absolute atomic E-state index is 0.198. The van der Waals surface area contributed by atoms with Gasteiger partial charge < -0.3 is 0 Å². The van der Waals surface area contributed by atoms with Crippen LogP contribution in [0.1, 0.15) is 16.8 Å². The van der Waals surface area contributed by atoms with E-state index in [2.05, 4.69) is 9.97 Å². The molecule has 4 rings (SSSR count). The maximum atomic E-state index is 13.3. The van der Waals surface area contributed by atoms with Gasteiger partial charge in [0.05, 0.1) is 11.8 Å². The van der Waals surface area contributed by atoms with Crippen molar-refractivity contribution in [3.05, 3.63) is 106 Å². The van der Waals surface area contributed by atoms with Crippen molar-refractivity contribution in [2.45, 2.75) is 6.42 Å². The first-order chi connectivity index (χ1) is 13.8. The zero-order chi connectivity index (χ0) is 19.3. The molecule has 2 heterocycles. The number of rotatable bonds is 4. The minimum atomic E-state index is -0.198. The Kier molecular flexibility index (Phi) is 4.77. The van der Waals surface area contributed by atoms with Gasteiger partial charge in [0.2, 0.25) is 0 Å². The molecule has 0 aliphatic heterocycles. The molecule has 0 radical (unpaired) electrons. The van der Waals surface area contributed by atoms with Crippen molar-refractivity contribution in [3.63, 3.8) is 0 Å². The Bertz CT molecular complexity index is 1270. The Morgan fingerprint density at radius 2 is 1.89 bits per heavy atom. The molecule has 0 fully saturated rings. The van der Waals surface area contributed by atoms with Crippen molar-refractivity contribution < 1.29 is 0 Å². The van der Waals surface area contributed by atoms with Crippen LogP contribution in [-0.4, -0.2) is 14.5 Å². The maximum absolute atomic E-state index is 13.3. The third kappa shape index (κ3) is 3.44. The summed E-state index contributed by atoms with van der Waals surface area (Å²) in [6, 6.07) is 22.9. The van der Waals surface area contributed by atoms with E-state index in [0.29, 0.717) is 29.0 Å². The van der Waals surface area contributed by atoms with Crippen LogP contribution in [0.4, 0.5) is 0 Å². The van der Waals surface area contributed by atoms with Gasteiger partial charge in [-0.1, -0.05) is 42.5 Å². The summed E-state index contributed by atoms with van der Waals surface area (Å²) >= 11 is 0. The zero-order valence-corrected chi connectivity index (χ0v) is 15.0. The van der Waals surface area contributed by atoms with E-state index in [1.807, 2.05) is 72.8 Å². The third-order valence-corrected chi connectivity index (χ3v) is 4.38. The second kappa shape index (κ2) is 7.68. The van der Waals surface area contributed by atoms with Crippen LogP contribution >= 0.6 is 0 Å². The van der Waals surface area contributed by atoms with Gasteiger partial charge in [-0.05, 0) is 41.5 Å². The van der Waals surface area contributed by atoms with Crippen molar-refractivity contribution in [2.24, 2.45) is 0 Å². The second-order valence-electron chi connectivity index (χ2n) is 6.26. The van der Waals surface area contributed by atoms with E-state index in [9.17, 15) is 4.79 Å². The summed E-state index contributed by atoms with van der Waals surface area (Å²) in [4.78, 5) is 22.3. The van der Waals surface area contributed by atoms with Crippen LogP contribution < -0.4 is 5.56 Å². The van der Waals surface area contributed by atoms with Gasteiger partial charge >= 0.3 is 0 Å². The third-order valence-electron chi connectivity index (χ3n) is 4.38. The average molecular weight is 364 g/mol. The molecule has 0 spiro atoms. The normalized spacial score (nSPS) is 11.0. The average Bonchev–Trinajstić information content (AvgIpc) is 2.74. The fourth-order valence-corrected chi connectivity index (χ4v) is 3.11. The van der Waals surface area contributed by atoms with Crippen molar-refractivity contribution in [1.29, 1.82) is 5.26 Å². The highest BCUT2D eigenvalue weighted by Crippen LogP contribution is 2.17. The molecule has 0 atom stereocenters. The molecule has 2 aromatic heterocycles. The summed E-state index contributed by atoms with van der Waals surface area (Å²) in [6.45, 7) is 0. The highest BCUT2D eigenvalue weighted by molar-refractivity contribution is 5.72. The zero-order valence-electron chi connectivity index (χ0n) is 15.0. The molecule has 134 valence electrons. The molecule has 0 N–H and O–H groups in total. The molecule has 5 heteroatoms. The van der Waals surface area contributed by atoms with E-state index in [-0.39, 0.29) is 5.56 Å². The largest absolute Gasteiger partial charge is 0.278 e. The summed E-state index contributed by atoms with van der Waals surface area (Å²) in [5.41, 5.74) is 3.97. The van der Waals surface area contributed by atoms with Gasteiger partial charge in [0.15, 0.2) is 5.65 Å². The summed E-state index contributed by atoms with van der Waals surface area (Å²) < 4.78 is 1.59. The molecule has 28 heavy (non-hydrogen) atoms. The number of fused-ring (bicyclic) bond motifs is 1. The summed E-state index contributed by atoms with van der Waals surface area (Å²) in [7, 11) is 0. The van der Waals surface area contributed by atoms with Crippen LogP contribution in [0.5, 0.6) is 0 Å². The van der Waals surface area contributed by atoms with Crippen molar-refractivity contribution in [1.82, 2.24) is 14.5 Å². The molecule has 0 saturated heterocycles. The number of aromatic nitrogens is 3. The van der Waals surface area contributed by atoms with E-state index in [1.54, 1.807) is 16.8 Å². The Balaban J connectivity index is 1.92. The van der Waals surface area contributed by atoms with Gasteiger partial charge in [-0.15, -0.1) is 0 Å². The number of benzene rings is 2. The number of nitriles is 1. The Morgan fingerprint density at radius 3 is 2.71 bits per heavy atom. The highest BCUT2D eigenvalue weighted by Gasteiger charge is 2.14. The monoisotopic (exact) mass is 364 g/mol. The van der Waals surface area contributed by atoms with E-state index >= 15 is 0 Å². The summed E-state index contributed by atoms with van der Waals surface area (Å²) in [5, 5.41) is 8.77. The van der Waals surface area contributed by atoms with Gasteiger partial charge in [0, 0.05) is 18.7 Å². The van der Waals surface area contributed by atoms with E-state index < -0.39 is 0 Å². The maximum Gasteiger partial charge on any atom is 0.278 e. The lowest BCUT2D eigenvalue weighted by atomic mass is 10.1. The first-order valence-electron chi connectivity index (χ1n) is 8.83. The predicted molar refractivity (Wildman–Crippen MR) is 109 cm³/mol. The van der Waals surface area contributed by atoms with E-state index in [1.165, 1.54) is 6.08 Å². The highest BCUT2D eigenvalue weighted by atomic mass is 16.1. The molecule has 0 aliphatic carbocycles. The first-order valence-corrected chi connectivity index (χ1v) is 8.83. The Morgan fingerprint density at radius 1 is 1.04 bits per heavy atom. The fraction of sp³-hybridized carbons (Fsp3) is 0.0435. The van der Waals surface area contributed by atoms with Gasteiger partial charge in [0.25, 0.3) is 5.56 Å². The summed E-state index contributed by atoms with van der Waals surface area (Å²) in [5.74, 6) is 0. The molecule has 5 nitrogen and oxygen atoms in total. The lowest BCUT2D eigenvalue weighted by Gasteiger charge is -2.12.